The molecule has 2 rings (SSSR count). The van der Waals surface area contributed by atoms with Gasteiger partial charge in [0.2, 0.25) is 0 Å². The molecule has 0 aliphatic heterocycles. The summed E-state index contributed by atoms with van der Waals surface area (Å²) >= 11 is 0. The Balaban J connectivity index is -0.000000252. The van der Waals surface area contributed by atoms with Gasteiger partial charge in [0.1, 0.15) is 11.4 Å². The molecule has 0 aliphatic rings. The Hall–Kier alpha value is -1.96. The number of hydrogen-bond donors (Lipinski definition) is 1. The summed E-state index contributed by atoms with van der Waals surface area (Å²) in [5, 5.41) is 3.34. The van der Waals surface area contributed by atoms with Gasteiger partial charge in [-0.05, 0) is 57.2 Å². The molecule has 28 heavy (non-hydrogen) atoms. The molecule has 2 aromatic rings. The summed E-state index contributed by atoms with van der Waals surface area (Å²) in [5.41, 5.74) is 1.98. The van der Waals surface area contributed by atoms with Crippen LogP contribution in [0.15, 0.2) is 54.6 Å². The van der Waals surface area contributed by atoms with Crippen molar-refractivity contribution >= 4 is 11.4 Å². The summed E-state index contributed by atoms with van der Waals surface area (Å²) in [5.74, 6) is 0.890. The van der Waals surface area contributed by atoms with Crippen LogP contribution in [0.1, 0.15) is 90.0 Å². The van der Waals surface area contributed by atoms with Crippen LogP contribution >= 0.6 is 0 Å². The lowest BCUT2D eigenvalue weighted by molar-refractivity contribution is 0.131. The molecule has 0 amide bonds. The standard InChI is InChI=1S/C16H19NO.C4H10.2C2H6.2CH4/c1-16(2,3)18-15-11-9-14(10-12-15)17-13-7-5-4-6-8-13;1-3-4-2;2*1-2;;/h4-12,17H,1-3H3;3-4H2,1-2H3;2*1-2H3;2*1H4. The minimum atomic E-state index is -0.158. The van der Waals surface area contributed by atoms with Crippen molar-refractivity contribution in [2.24, 2.45) is 0 Å². The molecule has 0 aromatic heterocycles. The van der Waals surface area contributed by atoms with Crippen LogP contribution in [0.25, 0.3) is 0 Å². The Labute approximate surface area is 177 Å². The number of ether oxygens (including phenoxy) is 1. The van der Waals surface area contributed by atoms with Gasteiger partial charge in [-0.25, -0.2) is 0 Å². The van der Waals surface area contributed by atoms with Gasteiger partial charge >= 0.3 is 0 Å². The van der Waals surface area contributed by atoms with Gasteiger partial charge in [0.15, 0.2) is 0 Å². The molecule has 0 saturated carbocycles. The van der Waals surface area contributed by atoms with Crippen molar-refractivity contribution in [3.05, 3.63) is 54.6 Å². The van der Waals surface area contributed by atoms with Crippen molar-refractivity contribution in [1.82, 2.24) is 0 Å². The molecule has 164 valence electrons. The average Bonchev–Trinajstić information content (AvgIpc) is 2.66. The predicted octanol–water partition coefficient (Wildman–Crippen LogP) is 9.74. The van der Waals surface area contributed by atoms with Crippen LogP contribution in [-0.4, -0.2) is 5.60 Å². The van der Waals surface area contributed by atoms with E-state index in [4.69, 9.17) is 4.74 Å². The van der Waals surface area contributed by atoms with Gasteiger partial charge in [-0.1, -0.05) is 87.4 Å². The highest BCUT2D eigenvalue weighted by Crippen LogP contribution is 2.22. The summed E-state index contributed by atoms with van der Waals surface area (Å²) < 4.78 is 5.78. The van der Waals surface area contributed by atoms with Crippen LogP contribution in [0.2, 0.25) is 0 Å². The second kappa shape index (κ2) is 21.3. The largest absolute Gasteiger partial charge is 0.488 e. The van der Waals surface area contributed by atoms with Gasteiger partial charge in [-0.3, -0.25) is 0 Å². The maximum Gasteiger partial charge on any atom is 0.120 e. The zero-order valence-corrected chi connectivity index (χ0v) is 18.5. The van der Waals surface area contributed by atoms with Crippen LogP contribution in [0.5, 0.6) is 5.75 Å². The first-order valence-corrected chi connectivity index (χ1v) is 10.1. The number of benzene rings is 2. The lowest BCUT2D eigenvalue weighted by Crippen LogP contribution is -2.22. The van der Waals surface area contributed by atoms with E-state index >= 15 is 0 Å². The predicted molar refractivity (Wildman–Crippen MR) is 133 cm³/mol. The van der Waals surface area contributed by atoms with E-state index in [0.29, 0.717) is 0 Å². The van der Waals surface area contributed by atoms with Crippen LogP contribution in [0.4, 0.5) is 11.4 Å². The van der Waals surface area contributed by atoms with Crippen molar-refractivity contribution in [2.75, 3.05) is 5.32 Å². The third kappa shape index (κ3) is 18.8. The zero-order valence-electron chi connectivity index (χ0n) is 18.5. The summed E-state index contributed by atoms with van der Waals surface area (Å²) in [6, 6.07) is 18.1. The van der Waals surface area contributed by atoms with Gasteiger partial charge in [-0.15, -0.1) is 0 Å². The number of nitrogens with one attached hydrogen (secondary N) is 1. The summed E-state index contributed by atoms with van der Waals surface area (Å²) in [6.07, 6.45) is 2.64. The first kappa shape index (κ1) is 33.6. The van der Waals surface area contributed by atoms with Crippen LogP contribution in [0, 0.1) is 0 Å². The number of hydrogen-bond acceptors (Lipinski definition) is 2. The third-order valence-corrected chi connectivity index (χ3v) is 2.84. The molecule has 0 bridgehead atoms. The van der Waals surface area contributed by atoms with E-state index in [1.165, 1.54) is 12.8 Å². The molecule has 0 heterocycles. The van der Waals surface area contributed by atoms with E-state index in [1.807, 2.05) is 103 Å². The number of anilines is 2. The van der Waals surface area contributed by atoms with Gasteiger partial charge in [-0.2, -0.15) is 0 Å². The van der Waals surface area contributed by atoms with Crippen molar-refractivity contribution in [3.8, 4) is 5.75 Å². The molecular weight excluding hydrogens is 342 g/mol. The molecule has 0 radical (unpaired) electrons. The fraction of sp³-hybridized carbons (Fsp3) is 0.538. The van der Waals surface area contributed by atoms with Crippen LogP contribution in [0.3, 0.4) is 0 Å². The van der Waals surface area contributed by atoms with E-state index in [2.05, 4.69) is 19.2 Å². The summed E-state index contributed by atoms with van der Waals surface area (Å²) in [7, 11) is 0. The lowest BCUT2D eigenvalue weighted by Gasteiger charge is -2.21. The first-order valence-electron chi connectivity index (χ1n) is 10.1. The Morgan fingerprint density at radius 2 is 1.07 bits per heavy atom. The topological polar surface area (TPSA) is 21.3 Å². The Kier molecular flexibility index (Phi) is 25.6. The molecule has 0 saturated heterocycles. The number of para-hydroxylation sites is 1. The molecule has 0 unspecified atom stereocenters. The van der Waals surface area contributed by atoms with Gasteiger partial charge < -0.3 is 10.1 Å². The first-order chi connectivity index (χ1) is 12.4. The maximum atomic E-state index is 5.78. The molecule has 0 spiro atoms. The maximum absolute atomic E-state index is 5.78. The Morgan fingerprint density at radius 1 is 0.679 bits per heavy atom. The van der Waals surface area contributed by atoms with Gasteiger partial charge in [0.05, 0.1) is 0 Å². The SMILES string of the molecule is C.C.CC.CC.CC(C)(C)Oc1ccc(Nc2ccccc2)cc1.CCCC. The van der Waals surface area contributed by atoms with Crippen LogP contribution < -0.4 is 10.1 Å². The Morgan fingerprint density at radius 3 is 1.43 bits per heavy atom. The molecule has 0 fully saturated rings. The zero-order chi connectivity index (χ0) is 20.4. The second-order valence-corrected chi connectivity index (χ2v) is 6.23. The van der Waals surface area contributed by atoms with Crippen molar-refractivity contribution in [2.45, 2.75) is 95.6 Å². The molecule has 2 nitrogen and oxygen atoms in total. The van der Waals surface area contributed by atoms with Crippen molar-refractivity contribution in [3.63, 3.8) is 0 Å². The quantitative estimate of drug-likeness (QED) is 0.560. The molecule has 0 atom stereocenters. The van der Waals surface area contributed by atoms with Crippen molar-refractivity contribution < 1.29 is 4.74 Å². The normalized spacial score (nSPS) is 8.61. The van der Waals surface area contributed by atoms with E-state index in [0.717, 1.165) is 17.1 Å². The van der Waals surface area contributed by atoms with Crippen LogP contribution in [-0.2, 0) is 0 Å². The van der Waals surface area contributed by atoms with E-state index in [-0.39, 0.29) is 20.5 Å². The number of unbranched alkanes of at least 4 members (excludes halogenated alkanes) is 1. The van der Waals surface area contributed by atoms with Crippen molar-refractivity contribution in [1.29, 1.82) is 0 Å². The molecule has 0 aliphatic carbocycles. The third-order valence-electron chi connectivity index (χ3n) is 2.84. The molecule has 2 heteroatoms. The molecule has 2 aromatic carbocycles. The van der Waals surface area contributed by atoms with E-state index < -0.39 is 0 Å². The fourth-order valence-corrected chi connectivity index (χ4v) is 1.65. The summed E-state index contributed by atoms with van der Waals surface area (Å²) in [4.78, 5) is 0. The monoisotopic (exact) mass is 391 g/mol. The minimum Gasteiger partial charge on any atom is -0.488 e. The molecular formula is C26H49NO. The van der Waals surface area contributed by atoms with E-state index in [1.54, 1.807) is 0 Å². The highest BCUT2D eigenvalue weighted by molar-refractivity contribution is 5.60. The van der Waals surface area contributed by atoms with Gasteiger partial charge in [0, 0.05) is 11.4 Å². The fourth-order valence-electron chi connectivity index (χ4n) is 1.65. The average molecular weight is 392 g/mol. The highest BCUT2D eigenvalue weighted by atomic mass is 16.5. The Bertz CT molecular complexity index is 510. The smallest absolute Gasteiger partial charge is 0.120 e. The van der Waals surface area contributed by atoms with E-state index in [9.17, 15) is 0 Å². The second-order valence-electron chi connectivity index (χ2n) is 6.23. The molecule has 1 N–H and O–H groups in total. The van der Waals surface area contributed by atoms with Gasteiger partial charge in [0.25, 0.3) is 0 Å². The lowest BCUT2D eigenvalue weighted by atomic mass is 10.2. The number of rotatable bonds is 4. The summed E-state index contributed by atoms with van der Waals surface area (Å²) in [6.45, 7) is 18.5. The highest BCUT2D eigenvalue weighted by Gasteiger charge is 2.11. The minimum absolute atomic E-state index is 0.